The molecule has 27 nitrogen and oxygen atoms in total. The number of carboxylic acids is 2. The van der Waals surface area contributed by atoms with Gasteiger partial charge in [0.2, 0.25) is 53.2 Å². The van der Waals surface area contributed by atoms with Crippen LogP contribution in [0.4, 0.5) is 0 Å². The maximum atomic E-state index is 13.5. The number of aliphatic carboxylic acids is 2. The molecule has 0 aromatic heterocycles. The van der Waals surface area contributed by atoms with Crippen molar-refractivity contribution in [2.75, 3.05) is 45.1 Å². The quantitative estimate of drug-likeness (QED) is 0.0157. The van der Waals surface area contributed by atoms with Gasteiger partial charge in [-0.2, -0.15) is 25.3 Å². The highest BCUT2D eigenvalue weighted by Crippen LogP contribution is 2.20. The minimum Gasteiger partial charge on any atom is -0.481 e. The largest absolute Gasteiger partial charge is 0.481 e. The number of rotatable bonds is 27. The van der Waals surface area contributed by atoms with E-state index >= 15 is 0 Å². The lowest BCUT2D eigenvalue weighted by atomic mass is 10.0. The van der Waals surface area contributed by atoms with Crippen LogP contribution in [-0.2, 0) is 52.7 Å². The Bertz CT molecular complexity index is 1760. The van der Waals surface area contributed by atoms with Crippen LogP contribution in [0.25, 0.3) is 0 Å². The van der Waals surface area contributed by atoms with Crippen LogP contribution in [0, 0.1) is 0 Å². The van der Waals surface area contributed by atoms with Gasteiger partial charge in [-0.3, -0.25) is 57.7 Å². The van der Waals surface area contributed by atoms with Crippen molar-refractivity contribution in [2.45, 2.75) is 99.9 Å². The Hall–Kier alpha value is -5.94. The van der Waals surface area contributed by atoms with E-state index in [0.29, 0.717) is 0 Å². The van der Waals surface area contributed by atoms with Crippen molar-refractivity contribution in [2.24, 2.45) is 22.2 Å². The maximum Gasteiger partial charge on any atom is 0.325 e. The standard InChI is InChI=1S/C35H59N13O14S2/c1-16(33(61)62)42-29(57)20(15-63)46-30(58)21-7-5-9-48(21)32(60)19(14-49)45-28(56)18(10-25(53)54)44-24(52)12-40-27(55)17(6-4-8-39-34(37)38)43-23(51)13-41-31(59)26(35(2,3)64)47-22(50)11-36/h16-21,26,49,63-64H,4-15,36H2,1-3H3,(H,40,55)(H,41,59)(H,42,57)(H,43,51)(H,44,52)(H,45,56)(H,46,58)(H,47,50)(H,53,54)(H,61,62)(H4,37,38,39)/t16-,17-,18-,19-,20-,21-,26-/m0/s1. The summed E-state index contributed by atoms with van der Waals surface area (Å²) in [5, 5.41) is 46.9. The molecule has 1 rings (SSSR count). The van der Waals surface area contributed by atoms with Crippen LogP contribution in [0.1, 0.15) is 52.9 Å². The molecule has 9 amide bonds. The van der Waals surface area contributed by atoms with Crippen molar-refractivity contribution in [1.82, 2.24) is 47.4 Å². The van der Waals surface area contributed by atoms with E-state index < -0.39 is 145 Å². The number of nitrogens with two attached hydrogens (primary N) is 3. The van der Waals surface area contributed by atoms with Crippen LogP contribution in [-0.4, -0.2) is 183 Å². The van der Waals surface area contributed by atoms with Crippen LogP contribution in [0.3, 0.4) is 0 Å². The van der Waals surface area contributed by atoms with E-state index in [1.807, 2.05) is 0 Å². The number of aliphatic hydroxyl groups excluding tert-OH is 1. The molecule has 17 N–H and O–H groups in total. The van der Waals surface area contributed by atoms with Crippen LogP contribution < -0.4 is 59.7 Å². The normalized spacial score (nSPS) is 16.2. The monoisotopic (exact) mass is 949 g/mol. The predicted molar refractivity (Wildman–Crippen MR) is 231 cm³/mol. The van der Waals surface area contributed by atoms with E-state index in [-0.39, 0.29) is 50.5 Å². The molecule has 64 heavy (non-hydrogen) atoms. The number of aliphatic hydroxyl groups is 1. The Balaban J connectivity index is 3.03. The highest BCUT2D eigenvalue weighted by molar-refractivity contribution is 7.81. The molecule has 0 aliphatic carbocycles. The first-order chi connectivity index (χ1) is 29.9. The fourth-order valence-corrected chi connectivity index (χ4v) is 6.23. The molecule has 7 atom stereocenters. The zero-order valence-corrected chi connectivity index (χ0v) is 37.2. The molecular formula is C35H59N13O14S2. The van der Waals surface area contributed by atoms with E-state index in [4.69, 9.17) is 22.3 Å². The molecule has 0 bridgehead atoms. The number of nitrogens with one attached hydrogen (secondary N) is 8. The molecule has 1 fully saturated rings. The second-order valence-electron chi connectivity index (χ2n) is 14.8. The molecule has 29 heteroatoms. The van der Waals surface area contributed by atoms with E-state index in [2.05, 4.69) is 72.8 Å². The zero-order chi connectivity index (χ0) is 48.9. The number of thiol groups is 2. The molecule has 0 spiro atoms. The van der Waals surface area contributed by atoms with E-state index in [1.54, 1.807) is 0 Å². The summed E-state index contributed by atoms with van der Waals surface area (Å²) in [6, 6.07) is -9.97. The summed E-state index contributed by atoms with van der Waals surface area (Å²) < 4.78 is -1.09. The van der Waals surface area contributed by atoms with Gasteiger partial charge in [-0.1, -0.05) is 0 Å². The third-order valence-corrected chi connectivity index (χ3v) is 9.74. The molecule has 1 heterocycles. The number of likely N-dealkylation sites (tertiary alicyclic amines) is 1. The molecule has 0 radical (unpaired) electrons. The molecule has 0 unspecified atom stereocenters. The number of carboxylic acid groups (broad SMARTS) is 2. The molecule has 0 aromatic rings. The Kier molecular flexibility index (Phi) is 23.9. The first kappa shape index (κ1) is 56.1. The van der Waals surface area contributed by atoms with E-state index in [0.717, 1.165) is 4.90 Å². The highest BCUT2D eigenvalue weighted by Gasteiger charge is 2.40. The van der Waals surface area contributed by atoms with Crippen molar-refractivity contribution in [3.63, 3.8) is 0 Å². The number of carbonyl (C=O) groups excluding carboxylic acids is 9. The summed E-state index contributed by atoms with van der Waals surface area (Å²) >= 11 is 8.35. The minimum absolute atomic E-state index is 0.0263. The maximum absolute atomic E-state index is 13.5. The van der Waals surface area contributed by atoms with Crippen molar-refractivity contribution >= 4 is 96.3 Å². The predicted octanol–water partition coefficient (Wildman–Crippen LogP) is -7.66. The Morgan fingerprint density at radius 2 is 1.36 bits per heavy atom. The van der Waals surface area contributed by atoms with Crippen molar-refractivity contribution in [3.05, 3.63) is 0 Å². The molecule has 360 valence electrons. The lowest BCUT2D eigenvalue weighted by Gasteiger charge is -2.29. The van der Waals surface area contributed by atoms with Gasteiger partial charge < -0.3 is 80.0 Å². The number of hydrogen-bond acceptors (Lipinski definition) is 16. The molecule has 1 aliphatic rings. The fourth-order valence-electron chi connectivity index (χ4n) is 5.79. The van der Waals surface area contributed by atoms with Gasteiger partial charge in [0.1, 0.15) is 42.3 Å². The summed E-state index contributed by atoms with van der Waals surface area (Å²) in [5.41, 5.74) is 16.0. The first-order valence-electron chi connectivity index (χ1n) is 19.7. The fraction of sp³-hybridized carbons (Fsp3) is 0.657. The summed E-state index contributed by atoms with van der Waals surface area (Å²) in [7, 11) is 0. The van der Waals surface area contributed by atoms with Gasteiger partial charge in [-0.25, -0.2) is 0 Å². The van der Waals surface area contributed by atoms with E-state index in [1.165, 1.54) is 20.8 Å². The second kappa shape index (κ2) is 27.3. The average molecular weight is 950 g/mol. The van der Waals surface area contributed by atoms with Crippen molar-refractivity contribution in [3.8, 4) is 0 Å². The number of amides is 9. The topological polar surface area (TPSA) is 438 Å². The second-order valence-corrected chi connectivity index (χ2v) is 16.3. The van der Waals surface area contributed by atoms with Crippen LogP contribution >= 0.6 is 25.3 Å². The number of carbonyl (C=O) groups is 11. The van der Waals surface area contributed by atoms with Gasteiger partial charge >= 0.3 is 11.9 Å². The lowest BCUT2D eigenvalue weighted by molar-refractivity contribution is -0.144. The van der Waals surface area contributed by atoms with Crippen molar-refractivity contribution < 1.29 is 68.1 Å². The minimum atomic E-state index is -1.87. The van der Waals surface area contributed by atoms with E-state index in [9.17, 15) is 63.0 Å². The zero-order valence-electron chi connectivity index (χ0n) is 35.4. The SMILES string of the molecule is C[C@H](NC(=O)[C@H](CS)NC(=O)[C@@H]1CCCN1C(=O)[C@H](CO)NC(=O)[C@H](CC(=O)O)NC(=O)CNC(=O)[C@H](CCCN=C(N)N)NC(=O)CNC(=O)[C@H](NC(=O)CN)C(C)(C)S)C(=O)O. The summed E-state index contributed by atoms with van der Waals surface area (Å²) in [6.07, 6.45) is -0.610. The first-order valence-corrected chi connectivity index (χ1v) is 20.7. The Morgan fingerprint density at radius 3 is 1.88 bits per heavy atom. The smallest absolute Gasteiger partial charge is 0.325 e. The Morgan fingerprint density at radius 1 is 0.781 bits per heavy atom. The van der Waals surface area contributed by atoms with Crippen molar-refractivity contribution in [1.29, 1.82) is 0 Å². The van der Waals surface area contributed by atoms with Gasteiger partial charge in [0.05, 0.1) is 32.7 Å². The number of aliphatic imine (C=N–C) groups is 1. The number of nitrogens with zero attached hydrogens (tertiary/aromatic N) is 2. The molecule has 0 aromatic carbocycles. The highest BCUT2D eigenvalue weighted by atomic mass is 32.1. The van der Waals surface area contributed by atoms with Crippen LogP contribution in [0.15, 0.2) is 4.99 Å². The van der Waals surface area contributed by atoms with Crippen LogP contribution in [0.2, 0.25) is 0 Å². The molecule has 1 saturated heterocycles. The van der Waals surface area contributed by atoms with Gasteiger partial charge in [0.25, 0.3) is 0 Å². The van der Waals surface area contributed by atoms with Gasteiger partial charge in [-0.15, -0.1) is 0 Å². The summed E-state index contributed by atoms with van der Waals surface area (Å²) in [6.45, 7) is 1.27. The van der Waals surface area contributed by atoms with Crippen LogP contribution in [0.5, 0.6) is 0 Å². The lowest BCUT2D eigenvalue weighted by Crippen LogP contribution is -2.60. The molecule has 0 saturated carbocycles. The number of hydrogen-bond donors (Lipinski definition) is 16. The van der Waals surface area contributed by atoms with Gasteiger partial charge in [0.15, 0.2) is 5.96 Å². The molecular weight excluding hydrogens is 891 g/mol. The third-order valence-electron chi connectivity index (χ3n) is 9.11. The van der Waals surface area contributed by atoms with Gasteiger partial charge in [0, 0.05) is 23.6 Å². The number of guanidine groups is 1. The average Bonchev–Trinajstić information content (AvgIpc) is 3.72. The molecule has 1 aliphatic heterocycles. The summed E-state index contributed by atoms with van der Waals surface area (Å²) in [4.78, 5) is 144. The Labute approximate surface area is 378 Å². The summed E-state index contributed by atoms with van der Waals surface area (Å²) in [5.74, 6) is -11.6. The third kappa shape index (κ3) is 19.6. The van der Waals surface area contributed by atoms with Gasteiger partial charge in [-0.05, 0) is 46.5 Å².